The Labute approximate surface area is 265 Å². The van der Waals surface area contributed by atoms with Gasteiger partial charge in [-0.1, -0.05) is 90.5 Å². The molecule has 1 atom stereocenters. The number of nitrogens with zero attached hydrogens (tertiary/aromatic N) is 1. The van der Waals surface area contributed by atoms with Crippen LogP contribution >= 0.6 is 11.6 Å². The van der Waals surface area contributed by atoms with Crippen LogP contribution in [0.1, 0.15) is 63.5 Å². The normalized spacial score (nSPS) is 11.5. The summed E-state index contributed by atoms with van der Waals surface area (Å²) >= 11 is 6.37. The van der Waals surface area contributed by atoms with Gasteiger partial charge < -0.3 is 19.7 Å². The van der Waals surface area contributed by atoms with E-state index in [4.69, 9.17) is 21.4 Å². The summed E-state index contributed by atoms with van der Waals surface area (Å²) in [5, 5.41) is 16.9. The molecule has 0 fully saturated rings. The molecule has 4 aromatic rings. The van der Waals surface area contributed by atoms with Crippen LogP contribution in [0.25, 0.3) is 0 Å². The van der Waals surface area contributed by atoms with Crippen LogP contribution < -0.4 is 0 Å². The van der Waals surface area contributed by atoms with Crippen molar-refractivity contribution in [1.82, 2.24) is 4.90 Å². The fourth-order valence-electron chi connectivity index (χ4n) is 4.94. The third-order valence-electron chi connectivity index (χ3n) is 7.32. The van der Waals surface area contributed by atoms with Gasteiger partial charge in [0.05, 0.1) is 18.3 Å². The van der Waals surface area contributed by atoms with Gasteiger partial charge in [0, 0.05) is 31.6 Å². The monoisotopic (exact) mass is 615 g/mol. The van der Waals surface area contributed by atoms with Crippen LogP contribution in [-0.2, 0) is 35.5 Å². The number of carboxylic acids is 1. The Morgan fingerprint density at radius 2 is 1.45 bits per heavy atom. The number of carbonyl (C=O) groups is 2. The van der Waals surface area contributed by atoms with Crippen molar-refractivity contribution >= 4 is 23.9 Å². The number of carboxylic acid groups (broad SMARTS) is 1. The number of aromatic carboxylic acids is 1. The number of hydrogen-bond donors (Lipinski definition) is 2. The van der Waals surface area contributed by atoms with E-state index in [-0.39, 0.29) is 11.7 Å². The smallest absolute Gasteiger partial charge is 0.335 e. The number of aliphatic hydroxyl groups excluding tert-OH is 1. The maximum atomic E-state index is 11.3. The molecule has 0 spiro atoms. The Morgan fingerprint density at radius 3 is 2.09 bits per heavy atom. The minimum atomic E-state index is -0.939. The maximum absolute atomic E-state index is 11.3. The van der Waals surface area contributed by atoms with E-state index >= 15 is 0 Å². The average molecular weight is 616 g/mol. The topological polar surface area (TPSA) is 87.1 Å². The van der Waals surface area contributed by atoms with Gasteiger partial charge in [0.15, 0.2) is 0 Å². The van der Waals surface area contributed by atoms with Gasteiger partial charge >= 0.3 is 5.97 Å². The number of ether oxygens (including phenoxy) is 1. The zero-order valence-electron chi connectivity index (χ0n) is 25.3. The lowest BCUT2D eigenvalue weighted by molar-refractivity contribution is -0.108. The second-order valence-electron chi connectivity index (χ2n) is 10.6. The molecule has 0 amide bonds. The van der Waals surface area contributed by atoms with Crippen LogP contribution in [0.4, 0.5) is 0 Å². The number of aliphatic hydroxyl groups is 1. The predicted octanol–water partition coefficient (Wildman–Crippen LogP) is 7.56. The molecule has 0 bridgehead atoms. The standard InChI is InChI=1S/C36H38ClNO4.CH4O/c37-34-11-7-10-33(24-34)35(42-27-31-16-14-29(15-17-31)13-12-28-8-3-1-4-9-28)26-38(22-5-2-6-23-39)25-30-18-20-32(21-19-30)36(40)41;1-2/h1,3-4,7-11,14-21,23-24,35H,2,5-6,12-13,22,25-27H2,(H,40,41);2H,1H3. The molecule has 0 aliphatic heterocycles. The SMILES string of the molecule is CO.O=CCCCCN(Cc1ccc(C(=O)O)cc1)CC(OCc1ccc(CCc2ccccc2)cc1)c1cccc(Cl)c1. The molecule has 0 aliphatic carbocycles. The number of carbonyl (C=O) groups excluding carboxylic acids is 1. The molecule has 0 aromatic heterocycles. The molecule has 0 radical (unpaired) electrons. The quantitative estimate of drug-likeness (QED) is 0.0941. The summed E-state index contributed by atoms with van der Waals surface area (Å²) in [6, 6.07) is 33.9. The second-order valence-corrected chi connectivity index (χ2v) is 11.0. The first-order valence-corrected chi connectivity index (χ1v) is 15.3. The molecule has 0 saturated carbocycles. The van der Waals surface area contributed by atoms with Crippen molar-refractivity contribution < 1.29 is 24.5 Å². The van der Waals surface area contributed by atoms with Gasteiger partial charge in [0.1, 0.15) is 6.29 Å². The number of aryl methyl sites for hydroxylation is 2. The third kappa shape index (κ3) is 12.1. The number of hydrogen-bond acceptors (Lipinski definition) is 5. The van der Waals surface area contributed by atoms with E-state index in [0.29, 0.717) is 31.1 Å². The van der Waals surface area contributed by atoms with E-state index in [9.17, 15) is 14.7 Å². The van der Waals surface area contributed by atoms with Gasteiger partial charge in [-0.3, -0.25) is 4.90 Å². The summed E-state index contributed by atoms with van der Waals surface area (Å²) in [5.41, 5.74) is 6.02. The van der Waals surface area contributed by atoms with Crippen molar-refractivity contribution in [2.24, 2.45) is 0 Å². The van der Waals surface area contributed by atoms with E-state index in [0.717, 1.165) is 62.3 Å². The predicted molar refractivity (Wildman–Crippen MR) is 176 cm³/mol. The lowest BCUT2D eigenvalue weighted by Gasteiger charge is -2.28. The van der Waals surface area contributed by atoms with Crippen LogP contribution in [0.3, 0.4) is 0 Å². The lowest BCUT2D eigenvalue weighted by Crippen LogP contribution is -2.30. The third-order valence-corrected chi connectivity index (χ3v) is 7.55. The molecular weight excluding hydrogens is 574 g/mol. The van der Waals surface area contributed by atoms with Crippen molar-refractivity contribution in [3.63, 3.8) is 0 Å². The van der Waals surface area contributed by atoms with Gasteiger partial charge in [0.2, 0.25) is 0 Å². The Kier molecular flexibility index (Phi) is 15.3. The molecule has 6 nitrogen and oxygen atoms in total. The highest BCUT2D eigenvalue weighted by Crippen LogP contribution is 2.25. The first-order valence-electron chi connectivity index (χ1n) is 14.9. The van der Waals surface area contributed by atoms with Crippen molar-refractivity contribution in [2.45, 2.75) is 51.4 Å². The minimum absolute atomic E-state index is 0.231. The lowest BCUT2D eigenvalue weighted by atomic mass is 10.0. The number of halogens is 1. The number of aldehydes is 1. The Morgan fingerprint density at radius 1 is 0.818 bits per heavy atom. The summed E-state index contributed by atoms with van der Waals surface area (Å²) in [6.07, 6.45) is 4.95. The first kappa shape index (κ1) is 34.7. The minimum Gasteiger partial charge on any atom is -0.478 e. The second kappa shape index (κ2) is 19.5. The summed E-state index contributed by atoms with van der Waals surface area (Å²) in [7, 11) is 1.00. The molecule has 1 unspecified atom stereocenters. The number of benzene rings is 4. The molecule has 0 heterocycles. The fourth-order valence-corrected chi connectivity index (χ4v) is 5.14. The molecule has 0 aliphatic rings. The zero-order chi connectivity index (χ0) is 31.6. The summed E-state index contributed by atoms with van der Waals surface area (Å²) < 4.78 is 6.55. The zero-order valence-corrected chi connectivity index (χ0v) is 26.0. The molecule has 7 heteroatoms. The van der Waals surface area contributed by atoms with Crippen LogP contribution in [0.15, 0.2) is 103 Å². The molecule has 2 N–H and O–H groups in total. The van der Waals surface area contributed by atoms with Gasteiger partial charge in [-0.15, -0.1) is 0 Å². The van der Waals surface area contributed by atoms with Gasteiger partial charge in [-0.2, -0.15) is 0 Å². The molecule has 0 saturated heterocycles. The van der Waals surface area contributed by atoms with E-state index < -0.39 is 5.97 Å². The number of unbranched alkanes of at least 4 members (excludes halogenated alkanes) is 2. The van der Waals surface area contributed by atoms with Crippen molar-refractivity contribution in [1.29, 1.82) is 0 Å². The Bertz CT molecular complexity index is 1390. The van der Waals surface area contributed by atoms with Crippen molar-refractivity contribution in [2.75, 3.05) is 20.2 Å². The average Bonchev–Trinajstić information content (AvgIpc) is 3.06. The van der Waals surface area contributed by atoms with Crippen LogP contribution in [0.5, 0.6) is 0 Å². The highest BCUT2D eigenvalue weighted by Gasteiger charge is 2.19. The van der Waals surface area contributed by atoms with Crippen LogP contribution in [-0.4, -0.2) is 47.6 Å². The van der Waals surface area contributed by atoms with Gasteiger partial charge in [-0.05, 0) is 84.3 Å². The molecular formula is C37H42ClNO5. The van der Waals surface area contributed by atoms with E-state index in [1.807, 2.05) is 42.5 Å². The summed E-state index contributed by atoms with van der Waals surface area (Å²) in [5.74, 6) is -0.939. The summed E-state index contributed by atoms with van der Waals surface area (Å²) in [6.45, 7) is 2.50. The van der Waals surface area contributed by atoms with Crippen LogP contribution in [0.2, 0.25) is 5.02 Å². The van der Waals surface area contributed by atoms with E-state index in [2.05, 4.69) is 53.4 Å². The van der Waals surface area contributed by atoms with E-state index in [1.54, 1.807) is 12.1 Å². The maximum Gasteiger partial charge on any atom is 0.335 e. The van der Waals surface area contributed by atoms with Gasteiger partial charge in [-0.25, -0.2) is 4.79 Å². The van der Waals surface area contributed by atoms with Crippen LogP contribution in [0, 0.1) is 0 Å². The Balaban J connectivity index is 0.00000259. The largest absolute Gasteiger partial charge is 0.478 e. The molecule has 4 rings (SSSR count). The van der Waals surface area contributed by atoms with E-state index in [1.165, 1.54) is 11.1 Å². The molecule has 4 aromatic carbocycles. The molecule has 232 valence electrons. The van der Waals surface area contributed by atoms with Crippen molar-refractivity contribution in [3.8, 4) is 0 Å². The summed E-state index contributed by atoms with van der Waals surface area (Å²) in [4.78, 5) is 24.5. The number of rotatable bonds is 17. The Hall–Kier alpha value is -3.81. The van der Waals surface area contributed by atoms with Gasteiger partial charge in [0.25, 0.3) is 0 Å². The first-order chi connectivity index (χ1) is 21.5. The van der Waals surface area contributed by atoms with Crippen molar-refractivity contribution in [3.05, 3.63) is 142 Å². The highest BCUT2D eigenvalue weighted by atomic mass is 35.5. The fraction of sp³-hybridized carbons (Fsp3) is 0.297. The molecule has 44 heavy (non-hydrogen) atoms. The highest BCUT2D eigenvalue weighted by molar-refractivity contribution is 6.30.